The number of hydrogen-bond acceptors (Lipinski definition) is 5. The number of imidazole rings is 1. The maximum atomic E-state index is 12.1. The molecule has 2 aromatic carbocycles. The van der Waals surface area contributed by atoms with Crippen LogP contribution >= 0.6 is 0 Å². The number of carbonyl (C=O) groups excluding carboxylic acids is 1. The molecule has 0 aliphatic heterocycles. The Morgan fingerprint density at radius 2 is 1.84 bits per heavy atom. The summed E-state index contributed by atoms with van der Waals surface area (Å²) in [7, 11) is 0. The SMILES string of the molecule is Cc1nc(C#CCCNC(=O)OCC2c3ccccc3-c3ccccc32)c([N+](=O)[O-])[nH]1. The van der Waals surface area contributed by atoms with E-state index in [2.05, 4.69) is 51.4 Å². The fourth-order valence-corrected chi connectivity index (χ4v) is 3.72. The van der Waals surface area contributed by atoms with Crippen LogP contribution in [-0.4, -0.2) is 34.1 Å². The Hall–Kier alpha value is -4.12. The van der Waals surface area contributed by atoms with Crippen LogP contribution < -0.4 is 5.32 Å². The number of nitrogens with one attached hydrogen (secondary N) is 2. The first-order valence-corrected chi connectivity index (χ1v) is 9.83. The van der Waals surface area contributed by atoms with Crippen molar-refractivity contribution in [3.63, 3.8) is 0 Å². The first-order chi connectivity index (χ1) is 15.0. The second-order valence-corrected chi connectivity index (χ2v) is 7.08. The Balaban J connectivity index is 1.30. The van der Waals surface area contributed by atoms with Crippen molar-refractivity contribution >= 4 is 11.9 Å². The molecular formula is C23H20N4O4. The Labute approximate surface area is 178 Å². The zero-order valence-electron chi connectivity index (χ0n) is 16.8. The molecule has 0 atom stereocenters. The van der Waals surface area contributed by atoms with E-state index in [1.807, 2.05) is 24.3 Å². The first-order valence-electron chi connectivity index (χ1n) is 9.83. The normalized spacial score (nSPS) is 11.8. The van der Waals surface area contributed by atoms with Gasteiger partial charge in [0.2, 0.25) is 5.69 Å². The van der Waals surface area contributed by atoms with Crippen molar-refractivity contribution in [2.45, 2.75) is 19.3 Å². The third kappa shape index (κ3) is 4.26. The van der Waals surface area contributed by atoms with Crippen LogP contribution in [0.2, 0.25) is 0 Å². The lowest BCUT2D eigenvalue weighted by molar-refractivity contribution is -0.389. The standard InChI is InChI=1S/C23H20N4O4/c1-15-25-21(22(26-15)27(29)30)12-6-7-13-24-23(28)31-14-20-18-10-4-2-8-16(18)17-9-3-5-11-19(17)20/h2-5,8-11,20H,7,13-14H2,1H3,(H,24,28)(H,25,26). The fourth-order valence-electron chi connectivity index (χ4n) is 3.72. The van der Waals surface area contributed by atoms with E-state index in [0.29, 0.717) is 12.2 Å². The number of amides is 1. The molecule has 1 aliphatic rings. The van der Waals surface area contributed by atoms with Gasteiger partial charge in [0, 0.05) is 25.8 Å². The number of aromatic amines is 1. The van der Waals surface area contributed by atoms with Gasteiger partial charge in [0.05, 0.1) is 0 Å². The summed E-state index contributed by atoms with van der Waals surface area (Å²) < 4.78 is 5.45. The minimum atomic E-state index is -0.557. The van der Waals surface area contributed by atoms with Crippen LogP contribution in [0.25, 0.3) is 11.1 Å². The highest BCUT2D eigenvalue weighted by Crippen LogP contribution is 2.44. The maximum Gasteiger partial charge on any atom is 0.407 e. The van der Waals surface area contributed by atoms with Crippen LogP contribution in [-0.2, 0) is 4.74 Å². The van der Waals surface area contributed by atoms with Crippen LogP contribution in [0.15, 0.2) is 48.5 Å². The van der Waals surface area contributed by atoms with Gasteiger partial charge in [0.1, 0.15) is 6.61 Å². The third-order valence-electron chi connectivity index (χ3n) is 5.06. The molecule has 1 aromatic heterocycles. The number of nitrogens with zero attached hydrogens (tertiary/aromatic N) is 2. The summed E-state index contributed by atoms with van der Waals surface area (Å²) in [6.07, 6.45) is -0.210. The number of aromatic nitrogens is 2. The zero-order valence-corrected chi connectivity index (χ0v) is 16.8. The smallest absolute Gasteiger partial charge is 0.407 e. The van der Waals surface area contributed by atoms with Crippen LogP contribution in [0.1, 0.15) is 35.0 Å². The third-order valence-corrected chi connectivity index (χ3v) is 5.06. The van der Waals surface area contributed by atoms with Crippen molar-refractivity contribution in [2.24, 2.45) is 0 Å². The quantitative estimate of drug-likeness (QED) is 0.284. The van der Waals surface area contributed by atoms with E-state index in [9.17, 15) is 14.9 Å². The highest BCUT2D eigenvalue weighted by Gasteiger charge is 2.28. The lowest BCUT2D eigenvalue weighted by atomic mass is 9.98. The molecule has 0 radical (unpaired) electrons. The number of hydrogen-bond donors (Lipinski definition) is 2. The van der Waals surface area contributed by atoms with E-state index < -0.39 is 11.0 Å². The maximum absolute atomic E-state index is 12.1. The fraction of sp³-hybridized carbons (Fsp3) is 0.217. The average Bonchev–Trinajstić information content (AvgIpc) is 3.30. The van der Waals surface area contributed by atoms with Crippen LogP contribution in [0.3, 0.4) is 0 Å². The summed E-state index contributed by atoms with van der Waals surface area (Å²) in [5, 5.41) is 13.6. The van der Waals surface area contributed by atoms with E-state index in [4.69, 9.17) is 4.74 Å². The minimum Gasteiger partial charge on any atom is -0.449 e. The summed E-state index contributed by atoms with van der Waals surface area (Å²) in [6, 6.07) is 16.3. The Bertz CT molecular complexity index is 1160. The van der Waals surface area contributed by atoms with Gasteiger partial charge in [-0.2, -0.15) is 4.98 Å². The van der Waals surface area contributed by atoms with Crippen molar-refractivity contribution in [1.82, 2.24) is 15.3 Å². The molecule has 1 heterocycles. The van der Waals surface area contributed by atoms with Gasteiger partial charge in [0.15, 0.2) is 5.82 Å². The van der Waals surface area contributed by atoms with Gasteiger partial charge in [-0.25, -0.2) is 9.78 Å². The molecule has 156 valence electrons. The molecule has 0 unspecified atom stereocenters. The van der Waals surface area contributed by atoms with Crippen LogP contribution in [0, 0.1) is 28.9 Å². The molecule has 0 saturated heterocycles. The molecule has 3 aromatic rings. The minimum absolute atomic E-state index is 0.00129. The second kappa shape index (κ2) is 8.71. The number of benzene rings is 2. The molecule has 0 bridgehead atoms. The second-order valence-electron chi connectivity index (χ2n) is 7.08. The van der Waals surface area contributed by atoms with Gasteiger partial charge in [-0.15, -0.1) is 0 Å². The van der Waals surface area contributed by atoms with E-state index in [1.165, 1.54) is 11.1 Å². The van der Waals surface area contributed by atoms with Gasteiger partial charge < -0.3 is 20.2 Å². The van der Waals surface area contributed by atoms with Crippen molar-refractivity contribution in [2.75, 3.05) is 13.2 Å². The lowest BCUT2D eigenvalue weighted by Gasteiger charge is -2.14. The van der Waals surface area contributed by atoms with Crippen LogP contribution in [0.5, 0.6) is 0 Å². The van der Waals surface area contributed by atoms with E-state index in [0.717, 1.165) is 11.1 Å². The molecule has 8 nitrogen and oxygen atoms in total. The van der Waals surface area contributed by atoms with Gasteiger partial charge >= 0.3 is 11.9 Å². The molecule has 2 N–H and O–H groups in total. The lowest BCUT2D eigenvalue weighted by Crippen LogP contribution is -2.26. The molecule has 31 heavy (non-hydrogen) atoms. The molecular weight excluding hydrogens is 396 g/mol. The largest absolute Gasteiger partial charge is 0.449 e. The van der Waals surface area contributed by atoms with Crippen molar-refractivity contribution in [3.05, 3.63) is 81.3 Å². The number of ether oxygens (including phenoxy) is 1. The van der Waals surface area contributed by atoms with Gasteiger partial charge in [-0.3, -0.25) is 0 Å². The molecule has 1 amide bonds. The summed E-state index contributed by atoms with van der Waals surface area (Å²) in [4.78, 5) is 29.1. The Morgan fingerprint density at radius 1 is 1.19 bits per heavy atom. The highest BCUT2D eigenvalue weighted by atomic mass is 16.6. The molecule has 0 fully saturated rings. The number of nitro groups is 1. The summed E-state index contributed by atoms with van der Waals surface area (Å²) in [5.41, 5.74) is 4.73. The van der Waals surface area contributed by atoms with E-state index >= 15 is 0 Å². The average molecular weight is 416 g/mol. The highest BCUT2D eigenvalue weighted by molar-refractivity contribution is 5.79. The molecule has 1 aliphatic carbocycles. The van der Waals surface area contributed by atoms with Crippen molar-refractivity contribution in [3.8, 4) is 23.0 Å². The summed E-state index contributed by atoms with van der Waals surface area (Å²) >= 11 is 0. The molecule has 0 saturated carbocycles. The predicted molar refractivity (Wildman–Crippen MR) is 115 cm³/mol. The molecule has 0 spiro atoms. The topological polar surface area (TPSA) is 110 Å². The molecule has 4 rings (SSSR count). The first kappa shape index (κ1) is 20.2. The zero-order chi connectivity index (χ0) is 21.8. The summed E-state index contributed by atoms with van der Waals surface area (Å²) in [6.45, 7) is 2.13. The van der Waals surface area contributed by atoms with Crippen LogP contribution in [0.4, 0.5) is 10.6 Å². The number of alkyl carbamates (subject to hydrolysis) is 1. The molecule has 8 heteroatoms. The summed E-state index contributed by atoms with van der Waals surface area (Å²) in [5.74, 6) is 5.64. The van der Waals surface area contributed by atoms with Crippen molar-refractivity contribution in [1.29, 1.82) is 0 Å². The Morgan fingerprint density at radius 3 is 2.48 bits per heavy atom. The predicted octanol–water partition coefficient (Wildman–Crippen LogP) is 3.91. The van der Waals surface area contributed by atoms with Gasteiger partial charge in [0.25, 0.3) is 0 Å². The van der Waals surface area contributed by atoms with E-state index in [-0.39, 0.29) is 30.6 Å². The van der Waals surface area contributed by atoms with Gasteiger partial charge in [-0.05, 0) is 33.1 Å². The number of rotatable bonds is 5. The number of aryl methyl sites for hydroxylation is 1. The number of H-pyrrole nitrogens is 1. The Kier molecular flexibility index (Phi) is 5.67. The van der Waals surface area contributed by atoms with Gasteiger partial charge in [-0.1, -0.05) is 54.5 Å². The number of fused-ring (bicyclic) bond motifs is 3. The van der Waals surface area contributed by atoms with Crippen molar-refractivity contribution < 1.29 is 14.5 Å². The number of carbonyl (C=O) groups is 1. The monoisotopic (exact) mass is 416 g/mol. The van der Waals surface area contributed by atoms with E-state index in [1.54, 1.807) is 6.92 Å².